The first kappa shape index (κ1) is 16.4. The molecule has 0 saturated carbocycles. The molecular formula is C19H18N4O2. The van der Waals surface area contributed by atoms with Crippen molar-refractivity contribution in [3.8, 4) is 11.3 Å². The fraction of sp³-hybridized carbons (Fsp3) is 0.105. The largest absolute Gasteiger partial charge is 0.341 e. The van der Waals surface area contributed by atoms with Crippen molar-refractivity contribution in [3.63, 3.8) is 0 Å². The molecule has 6 nitrogen and oxygen atoms in total. The highest BCUT2D eigenvalue weighted by atomic mass is 16.2. The number of hydrogen-bond acceptors (Lipinski definition) is 3. The lowest BCUT2D eigenvalue weighted by Crippen LogP contribution is -2.42. The van der Waals surface area contributed by atoms with Crippen LogP contribution < -0.4 is 4.90 Å². The van der Waals surface area contributed by atoms with Crippen molar-refractivity contribution in [2.45, 2.75) is 0 Å². The van der Waals surface area contributed by atoms with E-state index in [9.17, 15) is 9.59 Å². The van der Waals surface area contributed by atoms with Crippen LogP contribution in [0.5, 0.6) is 0 Å². The Hall–Kier alpha value is -3.41. The second-order valence-corrected chi connectivity index (χ2v) is 5.57. The van der Waals surface area contributed by atoms with Crippen LogP contribution in [0.1, 0.15) is 10.4 Å². The maximum Gasteiger partial charge on any atom is 0.332 e. The Balaban J connectivity index is 1.76. The summed E-state index contributed by atoms with van der Waals surface area (Å²) in [6, 6.07) is 16.4. The monoisotopic (exact) mass is 334 g/mol. The number of pyridine rings is 1. The van der Waals surface area contributed by atoms with Crippen molar-refractivity contribution in [1.29, 1.82) is 0 Å². The third kappa shape index (κ3) is 3.42. The molecule has 0 radical (unpaired) electrons. The van der Waals surface area contributed by atoms with Crippen molar-refractivity contribution in [2.24, 2.45) is 0 Å². The summed E-state index contributed by atoms with van der Waals surface area (Å²) in [7, 11) is 3.07. The molecule has 0 unspecified atom stereocenters. The summed E-state index contributed by atoms with van der Waals surface area (Å²) in [6.07, 6.45) is 3.02. The Kier molecular flexibility index (Phi) is 4.61. The van der Waals surface area contributed by atoms with Crippen LogP contribution in [0.25, 0.3) is 11.3 Å². The van der Waals surface area contributed by atoms with Gasteiger partial charge in [0.1, 0.15) is 5.82 Å². The summed E-state index contributed by atoms with van der Waals surface area (Å²) in [5.41, 5.74) is 2.29. The van der Waals surface area contributed by atoms with Crippen molar-refractivity contribution < 1.29 is 9.59 Å². The second kappa shape index (κ2) is 7.00. The highest BCUT2D eigenvalue weighted by molar-refractivity contribution is 6.08. The third-order valence-corrected chi connectivity index (χ3v) is 3.90. The molecule has 126 valence electrons. The number of carbonyl (C=O) groups is 2. The lowest BCUT2D eigenvalue weighted by atomic mass is 10.2. The number of carbonyl (C=O) groups excluding carboxylic acids is 2. The number of amides is 3. The zero-order valence-electron chi connectivity index (χ0n) is 14.0. The van der Waals surface area contributed by atoms with Gasteiger partial charge in [0.2, 0.25) is 0 Å². The number of rotatable bonds is 3. The van der Waals surface area contributed by atoms with Gasteiger partial charge in [-0.25, -0.2) is 4.79 Å². The number of urea groups is 1. The summed E-state index contributed by atoms with van der Waals surface area (Å²) in [5.74, 6) is 0.203. The molecule has 0 atom stereocenters. The normalized spacial score (nSPS) is 10.3. The molecule has 3 aromatic rings. The van der Waals surface area contributed by atoms with Crippen molar-refractivity contribution in [3.05, 3.63) is 72.6 Å². The molecule has 3 rings (SSSR count). The molecule has 2 aromatic heterocycles. The molecule has 25 heavy (non-hydrogen) atoms. The number of anilines is 1. The minimum absolute atomic E-state index is 0.364. The van der Waals surface area contributed by atoms with Crippen LogP contribution in [0.2, 0.25) is 0 Å². The molecule has 0 fully saturated rings. The number of aromatic nitrogens is 2. The van der Waals surface area contributed by atoms with Crippen LogP contribution >= 0.6 is 0 Å². The maximum absolute atomic E-state index is 12.6. The van der Waals surface area contributed by atoms with Crippen molar-refractivity contribution in [1.82, 2.24) is 14.9 Å². The zero-order valence-corrected chi connectivity index (χ0v) is 14.0. The van der Waals surface area contributed by atoms with Crippen LogP contribution in [0.3, 0.4) is 0 Å². The van der Waals surface area contributed by atoms with E-state index in [1.54, 1.807) is 25.4 Å². The molecule has 0 aliphatic heterocycles. The SMILES string of the molecule is CN(C(=O)c1cccnc1)C(=O)N(C)c1ccc(-c2ccccc2)[nH]1. The van der Waals surface area contributed by atoms with Crippen molar-refractivity contribution >= 4 is 17.8 Å². The Labute approximate surface area is 145 Å². The first-order valence-corrected chi connectivity index (χ1v) is 7.78. The summed E-state index contributed by atoms with van der Waals surface area (Å²) in [5, 5.41) is 0. The van der Waals surface area contributed by atoms with E-state index >= 15 is 0 Å². The van der Waals surface area contributed by atoms with Gasteiger partial charge in [0.25, 0.3) is 5.91 Å². The van der Waals surface area contributed by atoms with Gasteiger partial charge in [-0.15, -0.1) is 0 Å². The topological polar surface area (TPSA) is 69.3 Å². The molecule has 0 aliphatic carbocycles. The average molecular weight is 334 g/mol. The van der Waals surface area contributed by atoms with E-state index in [0.29, 0.717) is 11.4 Å². The van der Waals surface area contributed by atoms with Crippen LogP contribution in [0.4, 0.5) is 10.6 Å². The van der Waals surface area contributed by atoms with Gasteiger partial charge < -0.3 is 4.98 Å². The smallest absolute Gasteiger partial charge is 0.332 e. The van der Waals surface area contributed by atoms with E-state index < -0.39 is 11.9 Å². The second-order valence-electron chi connectivity index (χ2n) is 5.57. The molecule has 2 heterocycles. The highest BCUT2D eigenvalue weighted by Gasteiger charge is 2.23. The lowest BCUT2D eigenvalue weighted by molar-refractivity contribution is 0.0836. The van der Waals surface area contributed by atoms with E-state index in [-0.39, 0.29) is 0 Å². The first-order valence-electron chi connectivity index (χ1n) is 7.78. The number of H-pyrrole nitrogens is 1. The minimum atomic E-state index is -0.435. The molecule has 0 spiro atoms. The zero-order chi connectivity index (χ0) is 17.8. The van der Waals surface area contributed by atoms with E-state index in [0.717, 1.165) is 16.2 Å². The molecule has 0 bridgehead atoms. The molecule has 3 amide bonds. The van der Waals surface area contributed by atoms with Gasteiger partial charge in [0.05, 0.1) is 5.56 Å². The average Bonchev–Trinajstić information content (AvgIpc) is 3.17. The number of hydrogen-bond donors (Lipinski definition) is 1. The maximum atomic E-state index is 12.6. The summed E-state index contributed by atoms with van der Waals surface area (Å²) in [6.45, 7) is 0. The first-order chi connectivity index (χ1) is 12.1. The van der Waals surface area contributed by atoms with Crippen LogP contribution in [-0.4, -0.2) is 40.9 Å². The van der Waals surface area contributed by atoms with Gasteiger partial charge >= 0.3 is 6.03 Å². The summed E-state index contributed by atoms with van der Waals surface area (Å²) >= 11 is 0. The van der Waals surface area contributed by atoms with Crippen molar-refractivity contribution in [2.75, 3.05) is 19.0 Å². The quantitative estimate of drug-likeness (QED) is 0.798. The highest BCUT2D eigenvalue weighted by Crippen LogP contribution is 2.22. The van der Waals surface area contributed by atoms with E-state index in [1.165, 1.54) is 18.1 Å². The lowest BCUT2D eigenvalue weighted by Gasteiger charge is -2.22. The summed E-state index contributed by atoms with van der Waals surface area (Å²) < 4.78 is 0. The Bertz CT molecular complexity index is 875. The number of nitrogens with zero attached hydrogens (tertiary/aromatic N) is 3. The van der Waals surface area contributed by atoms with Crippen LogP contribution in [0, 0.1) is 0 Å². The molecule has 6 heteroatoms. The molecular weight excluding hydrogens is 316 g/mol. The van der Waals surface area contributed by atoms with Gasteiger partial charge in [0, 0.05) is 32.2 Å². The van der Waals surface area contributed by atoms with Gasteiger partial charge in [-0.1, -0.05) is 30.3 Å². The third-order valence-electron chi connectivity index (χ3n) is 3.90. The predicted molar refractivity (Wildman–Crippen MR) is 96.4 cm³/mol. The van der Waals surface area contributed by atoms with Gasteiger partial charge in [0.15, 0.2) is 0 Å². The Morgan fingerprint density at radius 2 is 1.72 bits per heavy atom. The Morgan fingerprint density at radius 3 is 2.40 bits per heavy atom. The van der Waals surface area contributed by atoms with E-state index in [4.69, 9.17) is 0 Å². The standard InChI is InChI=1S/C19H18N4O2/c1-22(17-11-10-16(21-17)14-7-4-3-5-8-14)19(25)23(2)18(24)15-9-6-12-20-13-15/h3-13,21H,1-2H3. The Morgan fingerprint density at radius 1 is 0.960 bits per heavy atom. The fourth-order valence-corrected chi connectivity index (χ4v) is 2.46. The van der Waals surface area contributed by atoms with Gasteiger partial charge in [-0.05, 0) is 29.8 Å². The number of imide groups is 1. The molecule has 1 N–H and O–H groups in total. The van der Waals surface area contributed by atoms with E-state index in [1.807, 2.05) is 42.5 Å². The molecule has 0 saturated heterocycles. The molecule has 1 aromatic carbocycles. The number of benzene rings is 1. The predicted octanol–water partition coefficient (Wildman–Crippen LogP) is 3.41. The number of nitrogens with one attached hydrogen (secondary N) is 1. The summed E-state index contributed by atoms with van der Waals surface area (Å²) in [4.78, 5) is 34.6. The van der Waals surface area contributed by atoms with Gasteiger partial charge in [-0.2, -0.15) is 0 Å². The number of aromatic amines is 1. The minimum Gasteiger partial charge on any atom is -0.341 e. The van der Waals surface area contributed by atoms with Crippen LogP contribution in [0.15, 0.2) is 67.0 Å². The van der Waals surface area contributed by atoms with Crippen LogP contribution in [-0.2, 0) is 0 Å². The van der Waals surface area contributed by atoms with E-state index in [2.05, 4.69) is 9.97 Å². The molecule has 0 aliphatic rings. The fourth-order valence-electron chi connectivity index (χ4n) is 2.46. The van der Waals surface area contributed by atoms with Gasteiger partial charge in [-0.3, -0.25) is 19.6 Å².